The summed E-state index contributed by atoms with van der Waals surface area (Å²) in [7, 11) is 1.86. The predicted octanol–water partition coefficient (Wildman–Crippen LogP) is 3.75. The molecule has 0 unspecified atom stereocenters. The van der Waals surface area contributed by atoms with E-state index in [1.165, 1.54) is 22.9 Å². The number of fused-ring (bicyclic) bond motifs is 1. The first-order valence-corrected chi connectivity index (χ1v) is 8.79. The topological polar surface area (TPSA) is 38.1 Å². The molecular formula is C18H19N3OS. The van der Waals surface area contributed by atoms with Crippen molar-refractivity contribution in [3.8, 4) is 0 Å². The van der Waals surface area contributed by atoms with Crippen LogP contribution in [0.3, 0.4) is 0 Å². The Morgan fingerprint density at radius 2 is 2.26 bits per heavy atom. The van der Waals surface area contributed by atoms with Gasteiger partial charge in [0.15, 0.2) is 0 Å². The number of carbonyl (C=O) groups is 1. The van der Waals surface area contributed by atoms with Crippen LogP contribution in [-0.2, 0) is 6.42 Å². The second-order valence-electron chi connectivity index (χ2n) is 6.16. The van der Waals surface area contributed by atoms with E-state index in [-0.39, 0.29) is 5.91 Å². The van der Waals surface area contributed by atoms with Gasteiger partial charge < -0.3 is 9.47 Å². The standard InChI is InChI=1S/C18H19N3OS/c1-20(9-7-14-4-2-3-8-19-14)18(22)16-10-13-11-21(15-5-6-15)12-17(13)23-16/h2-4,8,10-12,15H,5-7,9H2,1H3. The Morgan fingerprint density at radius 1 is 1.39 bits per heavy atom. The van der Waals surface area contributed by atoms with Crippen molar-refractivity contribution in [3.05, 3.63) is 53.4 Å². The molecule has 0 radical (unpaired) electrons. The molecule has 3 aromatic rings. The monoisotopic (exact) mass is 325 g/mol. The van der Waals surface area contributed by atoms with Crippen LogP contribution in [0.25, 0.3) is 10.1 Å². The number of aromatic nitrogens is 2. The first-order chi connectivity index (χ1) is 11.2. The Hall–Kier alpha value is -2.14. The molecule has 0 aromatic carbocycles. The Kier molecular flexibility index (Phi) is 3.65. The smallest absolute Gasteiger partial charge is 0.263 e. The number of hydrogen-bond acceptors (Lipinski definition) is 3. The maximum Gasteiger partial charge on any atom is 0.263 e. The number of pyridine rings is 1. The maximum atomic E-state index is 12.6. The highest BCUT2D eigenvalue weighted by atomic mass is 32.1. The fourth-order valence-corrected chi connectivity index (χ4v) is 3.83. The van der Waals surface area contributed by atoms with Crippen molar-refractivity contribution in [2.75, 3.05) is 13.6 Å². The van der Waals surface area contributed by atoms with Gasteiger partial charge in [0.25, 0.3) is 5.91 Å². The molecule has 4 rings (SSSR count). The van der Waals surface area contributed by atoms with Gasteiger partial charge in [-0.05, 0) is 31.0 Å². The first kappa shape index (κ1) is 14.5. The van der Waals surface area contributed by atoms with Crippen molar-refractivity contribution < 1.29 is 4.79 Å². The Balaban J connectivity index is 1.43. The molecule has 118 valence electrons. The van der Waals surface area contributed by atoms with E-state index in [2.05, 4.69) is 21.9 Å². The number of likely N-dealkylation sites (N-methyl/N-ethyl adjacent to an activating group) is 1. The van der Waals surface area contributed by atoms with Crippen LogP contribution in [-0.4, -0.2) is 34.0 Å². The number of hydrogen-bond donors (Lipinski definition) is 0. The van der Waals surface area contributed by atoms with Gasteiger partial charge in [0, 0.05) is 55.7 Å². The van der Waals surface area contributed by atoms with Gasteiger partial charge in [-0.1, -0.05) is 6.07 Å². The van der Waals surface area contributed by atoms with Crippen molar-refractivity contribution in [2.24, 2.45) is 0 Å². The highest BCUT2D eigenvalue weighted by Gasteiger charge is 2.24. The Bertz CT molecular complexity index is 801. The minimum atomic E-state index is 0.0973. The molecule has 1 fully saturated rings. The van der Waals surface area contributed by atoms with E-state index in [0.29, 0.717) is 12.6 Å². The molecule has 5 heteroatoms. The maximum absolute atomic E-state index is 12.6. The average Bonchev–Trinajstić information content (AvgIpc) is 3.23. The summed E-state index contributed by atoms with van der Waals surface area (Å²) in [4.78, 5) is 19.5. The lowest BCUT2D eigenvalue weighted by molar-refractivity contribution is 0.0801. The quantitative estimate of drug-likeness (QED) is 0.716. The van der Waals surface area contributed by atoms with E-state index in [1.54, 1.807) is 22.4 Å². The highest BCUT2D eigenvalue weighted by Crippen LogP contribution is 2.38. The Morgan fingerprint density at radius 3 is 2.96 bits per heavy atom. The molecule has 0 N–H and O–H groups in total. The zero-order chi connectivity index (χ0) is 15.8. The van der Waals surface area contributed by atoms with Gasteiger partial charge in [0.1, 0.15) is 0 Å². The van der Waals surface area contributed by atoms with E-state index in [9.17, 15) is 4.79 Å². The van der Waals surface area contributed by atoms with Crippen LogP contribution in [0.1, 0.15) is 34.2 Å². The molecule has 1 amide bonds. The number of thiophene rings is 1. The molecule has 3 aromatic heterocycles. The molecule has 4 nitrogen and oxygen atoms in total. The van der Waals surface area contributed by atoms with Crippen LogP contribution >= 0.6 is 11.3 Å². The highest BCUT2D eigenvalue weighted by molar-refractivity contribution is 7.20. The summed E-state index contributed by atoms with van der Waals surface area (Å²) in [5, 5.41) is 1.18. The van der Waals surface area contributed by atoms with Gasteiger partial charge in [-0.15, -0.1) is 11.3 Å². The average molecular weight is 325 g/mol. The fraction of sp³-hybridized carbons (Fsp3) is 0.333. The van der Waals surface area contributed by atoms with E-state index >= 15 is 0 Å². The van der Waals surface area contributed by atoms with Crippen LogP contribution in [0.4, 0.5) is 0 Å². The normalized spacial score (nSPS) is 14.3. The summed E-state index contributed by atoms with van der Waals surface area (Å²) in [5.41, 5.74) is 1.02. The summed E-state index contributed by atoms with van der Waals surface area (Å²) in [5.74, 6) is 0.0973. The predicted molar refractivity (Wildman–Crippen MR) is 93.0 cm³/mol. The third-order valence-electron chi connectivity index (χ3n) is 4.30. The second-order valence-corrected chi connectivity index (χ2v) is 7.25. The number of nitrogens with zero attached hydrogens (tertiary/aromatic N) is 3. The lowest BCUT2D eigenvalue weighted by Gasteiger charge is -2.15. The number of carbonyl (C=O) groups excluding carboxylic acids is 1. The second kappa shape index (κ2) is 5.81. The largest absolute Gasteiger partial charge is 0.349 e. The molecule has 0 aliphatic heterocycles. The fourth-order valence-electron chi connectivity index (χ4n) is 2.76. The molecule has 1 aliphatic carbocycles. The minimum absolute atomic E-state index is 0.0973. The molecular weight excluding hydrogens is 306 g/mol. The number of amides is 1. The summed E-state index contributed by atoms with van der Waals surface area (Å²) >= 11 is 1.59. The molecule has 0 saturated heterocycles. The molecule has 1 saturated carbocycles. The third-order valence-corrected chi connectivity index (χ3v) is 5.37. The third kappa shape index (κ3) is 3.01. The van der Waals surface area contributed by atoms with Gasteiger partial charge in [0.2, 0.25) is 0 Å². The zero-order valence-electron chi connectivity index (χ0n) is 13.1. The first-order valence-electron chi connectivity index (χ1n) is 7.97. The van der Waals surface area contributed by atoms with Crippen molar-refractivity contribution in [2.45, 2.75) is 25.3 Å². The van der Waals surface area contributed by atoms with Crippen molar-refractivity contribution >= 4 is 27.3 Å². The van der Waals surface area contributed by atoms with Crippen molar-refractivity contribution in [3.63, 3.8) is 0 Å². The van der Waals surface area contributed by atoms with Crippen molar-refractivity contribution in [1.82, 2.24) is 14.5 Å². The molecule has 23 heavy (non-hydrogen) atoms. The van der Waals surface area contributed by atoms with Gasteiger partial charge >= 0.3 is 0 Å². The lowest BCUT2D eigenvalue weighted by Crippen LogP contribution is -2.28. The molecule has 0 spiro atoms. The number of rotatable bonds is 5. The summed E-state index contributed by atoms with van der Waals surface area (Å²) in [6.07, 6.45) is 9.49. The van der Waals surface area contributed by atoms with Gasteiger partial charge in [0.05, 0.1) is 9.58 Å². The van der Waals surface area contributed by atoms with Crippen LogP contribution in [0.5, 0.6) is 0 Å². The molecule has 1 aliphatic rings. The van der Waals surface area contributed by atoms with E-state index in [4.69, 9.17) is 0 Å². The lowest BCUT2D eigenvalue weighted by atomic mass is 10.2. The molecule has 0 bridgehead atoms. The summed E-state index contributed by atoms with van der Waals surface area (Å²) < 4.78 is 3.50. The molecule has 0 atom stereocenters. The van der Waals surface area contributed by atoms with E-state index in [0.717, 1.165) is 17.0 Å². The van der Waals surface area contributed by atoms with Gasteiger partial charge in [-0.2, -0.15) is 0 Å². The van der Waals surface area contributed by atoms with Crippen LogP contribution in [0.15, 0.2) is 42.9 Å². The van der Waals surface area contributed by atoms with Crippen LogP contribution in [0, 0.1) is 0 Å². The van der Waals surface area contributed by atoms with Crippen LogP contribution < -0.4 is 0 Å². The Labute approximate surface area is 139 Å². The van der Waals surface area contributed by atoms with Crippen molar-refractivity contribution in [1.29, 1.82) is 0 Å². The summed E-state index contributed by atoms with van der Waals surface area (Å²) in [6.45, 7) is 0.681. The van der Waals surface area contributed by atoms with E-state index < -0.39 is 0 Å². The van der Waals surface area contributed by atoms with Crippen LogP contribution in [0.2, 0.25) is 0 Å². The minimum Gasteiger partial charge on any atom is -0.349 e. The van der Waals surface area contributed by atoms with Gasteiger partial charge in [-0.3, -0.25) is 9.78 Å². The SMILES string of the molecule is CN(CCc1ccccn1)C(=O)c1cc2cn(C3CC3)cc2s1. The molecule has 3 heterocycles. The van der Waals surface area contributed by atoms with E-state index in [1.807, 2.05) is 31.3 Å². The van der Waals surface area contributed by atoms with Gasteiger partial charge in [-0.25, -0.2) is 0 Å². The zero-order valence-corrected chi connectivity index (χ0v) is 13.9. The summed E-state index contributed by atoms with van der Waals surface area (Å²) in [6, 6.07) is 8.59.